The maximum absolute atomic E-state index is 13.2. The van der Waals surface area contributed by atoms with Gasteiger partial charge in [-0.1, -0.05) is 24.8 Å². The van der Waals surface area contributed by atoms with E-state index in [1.54, 1.807) is 18.3 Å². The Labute approximate surface area is 203 Å². The molecule has 2 aromatic rings. The number of aliphatic imine (C=N–C) groups is 1. The van der Waals surface area contributed by atoms with Gasteiger partial charge in [-0.05, 0) is 30.7 Å². The first-order valence-corrected chi connectivity index (χ1v) is 11.1. The van der Waals surface area contributed by atoms with Crippen LogP contribution >= 0.6 is 0 Å². The summed E-state index contributed by atoms with van der Waals surface area (Å²) in [5.74, 6) is 0.682. The lowest BCUT2D eigenvalue weighted by molar-refractivity contribution is -0.138. The topological polar surface area (TPSA) is 60.4 Å². The van der Waals surface area contributed by atoms with Crippen molar-refractivity contribution in [2.45, 2.75) is 19.6 Å². The first-order chi connectivity index (χ1) is 16.6. The van der Waals surface area contributed by atoms with Crippen molar-refractivity contribution in [3.63, 3.8) is 0 Å². The summed E-state index contributed by atoms with van der Waals surface area (Å²) in [6, 6.07) is 10.7. The van der Waals surface area contributed by atoms with Gasteiger partial charge in [0.2, 0.25) is 0 Å². The number of methoxy groups -OCH3 is 1. The smallest absolute Gasteiger partial charge is 0.416 e. The minimum atomic E-state index is -4.46. The van der Waals surface area contributed by atoms with Crippen LogP contribution in [-0.4, -0.2) is 57.6 Å². The molecule has 0 atom stereocenters. The number of nitrogens with one attached hydrogen (secondary N) is 1. The molecule has 1 N–H and O–H groups in total. The molecule has 1 saturated heterocycles. The lowest BCUT2D eigenvalue weighted by Crippen LogP contribution is -2.51. The van der Waals surface area contributed by atoms with Crippen molar-refractivity contribution in [1.82, 2.24) is 10.2 Å². The molecule has 1 heterocycles. The van der Waals surface area contributed by atoms with Crippen molar-refractivity contribution in [2.75, 3.05) is 50.1 Å². The fourth-order valence-electron chi connectivity index (χ4n) is 3.80. The number of carbonyl (C=O) groups excluding carboxylic acids is 1. The average Bonchev–Trinajstić information content (AvgIpc) is 2.85. The largest absolute Gasteiger partial charge is 0.494 e. The zero-order valence-corrected chi connectivity index (χ0v) is 20.1. The van der Waals surface area contributed by atoms with E-state index in [0.29, 0.717) is 37.6 Å². The number of urea groups is 1. The van der Waals surface area contributed by atoms with Gasteiger partial charge in [-0.3, -0.25) is 0 Å². The standard InChI is InChI=1S/C25H30F3N5O2/c1-18(2)30-17-31(3)22-10-9-20(15-23(22)35-4)32-11-13-33(14-12-32)24(34)29-16-19-7-5-6-8-21(19)25(26,27)28/h5-10,15,17H,1,11-14,16H2,2-4H3,(H,29,34). The monoisotopic (exact) mass is 489 g/mol. The molecule has 3 rings (SSSR count). The molecule has 2 amide bonds. The van der Waals surface area contributed by atoms with Gasteiger partial charge in [-0.15, -0.1) is 0 Å². The molecule has 2 aromatic carbocycles. The summed E-state index contributed by atoms with van der Waals surface area (Å²) in [7, 11) is 3.47. The summed E-state index contributed by atoms with van der Waals surface area (Å²) in [5, 5.41) is 2.62. The molecule has 1 aliphatic heterocycles. The number of carbonyl (C=O) groups is 1. The molecule has 0 radical (unpaired) electrons. The number of piperazine rings is 1. The van der Waals surface area contributed by atoms with Crippen molar-refractivity contribution < 1.29 is 22.7 Å². The fraction of sp³-hybridized carbons (Fsp3) is 0.360. The fourth-order valence-corrected chi connectivity index (χ4v) is 3.80. The van der Waals surface area contributed by atoms with E-state index in [2.05, 4.69) is 21.8 Å². The van der Waals surface area contributed by atoms with Crippen LogP contribution in [0.4, 0.5) is 29.3 Å². The third kappa shape index (κ3) is 6.68. The van der Waals surface area contributed by atoms with Gasteiger partial charge in [0, 0.05) is 57.2 Å². The Morgan fingerprint density at radius 1 is 1.20 bits per heavy atom. The molecular formula is C25H30F3N5O2. The molecule has 1 fully saturated rings. The predicted molar refractivity (Wildman–Crippen MR) is 132 cm³/mol. The molecule has 0 aromatic heterocycles. The summed E-state index contributed by atoms with van der Waals surface area (Å²) >= 11 is 0. The molecule has 1 aliphatic rings. The lowest BCUT2D eigenvalue weighted by Gasteiger charge is -2.36. The van der Waals surface area contributed by atoms with Crippen molar-refractivity contribution in [3.05, 3.63) is 65.9 Å². The van der Waals surface area contributed by atoms with E-state index in [9.17, 15) is 18.0 Å². The maximum Gasteiger partial charge on any atom is 0.416 e. The Morgan fingerprint density at radius 3 is 2.51 bits per heavy atom. The van der Waals surface area contributed by atoms with Gasteiger partial charge in [0.05, 0.1) is 24.7 Å². The van der Waals surface area contributed by atoms with E-state index in [0.717, 1.165) is 17.4 Å². The van der Waals surface area contributed by atoms with Crippen LogP contribution in [0.25, 0.3) is 0 Å². The van der Waals surface area contributed by atoms with Gasteiger partial charge in [-0.2, -0.15) is 13.2 Å². The number of allylic oxidation sites excluding steroid dienone is 1. The Morgan fingerprint density at radius 2 is 1.89 bits per heavy atom. The molecule has 7 nitrogen and oxygen atoms in total. The average molecular weight is 490 g/mol. The number of halogens is 3. The van der Waals surface area contributed by atoms with Crippen LogP contribution in [-0.2, 0) is 12.7 Å². The van der Waals surface area contributed by atoms with E-state index in [1.807, 2.05) is 37.1 Å². The Bertz CT molecular complexity index is 1080. The molecule has 188 valence electrons. The Balaban J connectivity index is 1.59. The molecule has 0 bridgehead atoms. The highest BCUT2D eigenvalue weighted by molar-refractivity contribution is 5.83. The number of alkyl halides is 3. The highest BCUT2D eigenvalue weighted by Gasteiger charge is 2.33. The van der Waals surface area contributed by atoms with E-state index in [4.69, 9.17) is 4.74 Å². The third-order valence-corrected chi connectivity index (χ3v) is 5.68. The minimum Gasteiger partial charge on any atom is -0.494 e. The van der Waals surface area contributed by atoms with Gasteiger partial charge in [-0.25, -0.2) is 9.79 Å². The van der Waals surface area contributed by atoms with E-state index in [1.165, 1.54) is 18.2 Å². The second kappa shape index (κ2) is 11.2. The zero-order chi connectivity index (χ0) is 25.6. The lowest BCUT2D eigenvalue weighted by atomic mass is 10.1. The molecule has 0 saturated carbocycles. The van der Waals surface area contributed by atoms with E-state index >= 15 is 0 Å². The van der Waals surface area contributed by atoms with Crippen molar-refractivity contribution in [3.8, 4) is 5.75 Å². The first kappa shape index (κ1) is 25.9. The summed E-state index contributed by atoms with van der Waals surface area (Å²) in [4.78, 5) is 22.4. The highest BCUT2D eigenvalue weighted by Crippen LogP contribution is 2.33. The Hall–Kier alpha value is -3.69. The Kier molecular flexibility index (Phi) is 8.26. The van der Waals surface area contributed by atoms with Gasteiger partial charge < -0.3 is 24.8 Å². The maximum atomic E-state index is 13.2. The number of rotatable bonds is 7. The third-order valence-electron chi connectivity index (χ3n) is 5.68. The van der Waals surface area contributed by atoms with E-state index in [-0.39, 0.29) is 18.1 Å². The van der Waals surface area contributed by atoms with Gasteiger partial charge in [0.1, 0.15) is 5.75 Å². The molecule has 10 heteroatoms. The van der Waals surface area contributed by atoms with Crippen LogP contribution in [0.15, 0.2) is 59.7 Å². The molecule has 0 unspecified atom stereocenters. The molecule has 0 spiro atoms. The van der Waals surface area contributed by atoms with Crippen LogP contribution in [0.1, 0.15) is 18.1 Å². The number of benzene rings is 2. The molecule has 0 aliphatic carbocycles. The quantitative estimate of drug-likeness (QED) is 0.451. The number of ether oxygens (including phenoxy) is 1. The number of anilines is 2. The van der Waals surface area contributed by atoms with Crippen LogP contribution in [0.5, 0.6) is 5.75 Å². The predicted octanol–water partition coefficient (Wildman–Crippen LogP) is 4.74. The van der Waals surface area contributed by atoms with Gasteiger partial charge >= 0.3 is 12.2 Å². The SMILES string of the molecule is C=C(C)N=CN(C)c1ccc(N2CCN(C(=O)NCc3ccccc3C(F)(F)F)CC2)cc1OC. The van der Waals surface area contributed by atoms with Crippen molar-refractivity contribution >= 4 is 23.7 Å². The van der Waals surface area contributed by atoms with Crippen molar-refractivity contribution in [1.29, 1.82) is 0 Å². The minimum absolute atomic E-state index is 0.0393. The summed E-state index contributed by atoms with van der Waals surface area (Å²) in [6.07, 6.45) is -2.79. The van der Waals surface area contributed by atoms with Crippen LogP contribution in [0.2, 0.25) is 0 Å². The summed E-state index contributed by atoms with van der Waals surface area (Å²) in [6.45, 7) is 7.45. The van der Waals surface area contributed by atoms with Crippen LogP contribution < -0.4 is 19.9 Å². The zero-order valence-electron chi connectivity index (χ0n) is 20.1. The second-order valence-corrected chi connectivity index (χ2v) is 8.23. The van der Waals surface area contributed by atoms with Gasteiger partial charge in [0.25, 0.3) is 0 Å². The normalized spacial score (nSPS) is 14.2. The van der Waals surface area contributed by atoms with Crippen LogP contribution in [0, 0.1) is 0 Å². The first-order valence-electron chi connectivity index (χ1n) is 11.1. The number of nitrogens with zero attached hydrogens (tertiary/aromatic N) is 4. The molecule has 35 heavy (non-hydrogen) atoms. The van der Waals surface area contributed by atoms with E-state index < -0.39 is 11.7 Å². The van der Waals surface area contributed by atoms with Crippen LogP contribution in [0.3, 0.4) is 0 Å². The number of amides is 2. The highest BCUT2D eigenvalue weighted by atomic mass is 19.4. The number of hydrogen-bond acceptors (Lipinski definition) is 4. The second-order valence-electron chi connectivity index (χ2n) is 8.23. The van der Waals surface area contributed by atoms with Crippen molar-refractivity contribution in [2.24, 2.45) is 4.99 Å². The molecular weight excluding hydrogens is 459 g/mol. The van der Waals surface area contributed by atoms with Gasteiger partial charge in [0.15, 0.2) is 0 Å². The number of hydrogen-bond donors (Lipinski definition) is 1. The summed E-state index contributed by atoms with van der Waals surface area (Å²) in [5.41, 5.74) is 1.80. The summed E-state index contributed by atoms with van der Waals surface area (Å²) < 4.78 is 45.1.